The van der Waals surface area contributed by atoms with E-state index in [-0.39, 0.29) is 17.8 Å². The summed E-state index contributed by atoms with van der Waals surface area (Å²) in [4.78, 5) is 40.5. The third-order valence-corrected chi connectivity index (χ3v) is 5.02. The molecule has 158 valence electrons. The maximum Gasteiger partial charge on any atom is 0.321 e. The molecule has 2 aromatic carbocycles. The fourth-order valence-corrected chi connectivity index (χ4v) is 3.30. The highest BCUT2D eigenvalue weighted by atomic mass is 16.3. The van der Waals surface area contributed by atoms with Crippen LogP contribution in [0.25, 0.3) is 0 Å². The Hall–Kier alpha value is -4.07. The van der Waals surface area contributed by atoms with E-state index in [4.69, 9.17) is 4.42 Å². The number of piperazine rings is 1. The Bertz CT molecular complexity index is 1040. The van der Waals surface area contributed by atoms with Crippen LogP contribution in [0.2, 0.25) is 0 Å². The zero-order chi connectivity index (χ0) is 21.6. The van der Waals surface area contributed by atoms with Crippen molar-refractivity contribution in [1.82, 2.24) is 9.80 Å². The van der Waals surface area contributed by atoms with Crippen LogP contribution in [0, 0.1) is 0 Å². The number of urea groups is 1. The molecule has 0 saturated carbocycles. The van der Waals surface area contributed by atoms with Crippen molar-refractivity contribution in [3.8, 4) is 0 Å². The van der Waals surface area contributed by atoms with E-state index in [0.717, 1.165) is 5.69 Å². The lowest BCUT2D eigenvalue weighted by molar-refractivity contribution is 0.0640. The first-order valence-electron chi connectivity index (χ1n) is 9.95. The molecule has 0 atom stereocenters. The van der Waals surface area contributed by atoms with Crippen molar-refractivity contribution < 1.29 is 18.8 Å². The molecule has 3 aromatic rings. The normalized spacial score (nSPS) is 13.5. The predicted octanol–water partition coefficient (Wildman–Crippen LogP) is 3.52. The van der Waals surface area contributed by atoms with Gasteiger partial charge in [-0.3, -0.25) is 9.59 Å². The Morgan fingerprint density at radius 3 is 2.00 bits per heavy atom. The fourth-order valence-electron chi connectivity index (χ4n) is 3.30. The lowest BCUT2D eigenvalue weighted by Gasteiger charge is -2.34. The van der Waals surface area contributed by atoms with E-state index in [0.29, 0.717) is 43.2 Å². The van der Waals surface area contributed by atoms with Gasteiger partial charge in [-0.15, -0.1) is 0 Å². The van der Waals surface area contributed by atoms with Gasteiger partial charge in [0.15, 0.2) is 5.76 Å². The monoisotopic (exact) mass is 418 g/mol. The van der Waals surface area contributed by atoms with Crippen molar-refractivity contribution in [1.29, 1.82) is 0 Å². The Morgan fingerprint density at radius 2 is 1.35 bits per heavy atom. The van der Waals surface area contributed by atoms with Gasteiger partial charge in [0.1, 0.15) is 0 Å². The first-order valence-corrected chi connectivity index (χ1v) is 9.95. The summed E-state index contributed by atoms with van der Waals surface area (Å²) in [6.07, 6.45) is 1.47. The van der Waals surface area contributed by atoms with Gasteiger partial charge in [0, 0.05) is 43.1 Å². The van der Waals surface area contributed by atoms with E-state index in [1.165, 1.54) is 6.26 Å². The molecule has 2 heterocycles. The number of para-hydroxylation sites is 1. The molecule has 0 spiro atoms. The first-order chi connectivity index (χ1) is 15.1. The minimum absolute atomic E-state index is 0.172. The number of hydrogen-bond acceptors (Lipinski definition) is 4. The van der Waals surface area contributed by atoms with Gasteiger partial charge in [0.2, 0.25) is 0 Å². The topological polar surface area (TPSA) is 94.9 Å². The van der Waals surface area contributed by atoms with Gasteiger partial charge in [0.25, 0.3) is 11.8 Å². The van der Waals surface area contributed by atoms with Crippen molar-refractivity contribution in [2.45, 2.75) is 0 Å². The zero-order valence-corrected chi connectivity index (χ0v) is 16.8. The zero-order valence-electron chi connectivity index (χ0n) is 16.8. The van der Waals surface area contributed by atoms with Crippen LogP contribution in [-0.4, -0.2) is 53.8 Å². The van der Waals surface area contributed by atoms with E-state index in [1.807, 2.05) is 30.3 Å². The van der Waals surface area contributed by atoms with Crippen LogP contribution in [0.4, 0.5) is 16.2 Å². The van der Waals surface area contributed by atoms with E-state index < -0.39 is 0 Å². The number of amides is 4. The molecule has 1 aliphatic heterocycles. The molecule has 0 radical (unpaired) electrons. The second kappa shape index (κ2) is 9.17. The second-order valence-electron chi connectivity index (χ2n) is 7.08. The average Bonchev–Trinajstić information content (AvgIpc) is 3.35. The molecule has 1 saturated heterocycles. The number of carbonyl (C=O) groups is 3. The van der Waals surface area contributed by atoms with Crippen molar-refractivity contribution in [3.05, 3.63) is 84.3 Å². The van der Waals surface area contributed by atoms with Crippen LogP contribution in [0.1, 0.15) is 20.9 Å². The molecule has 1 aromatic heterocycles. The SMILES string of the molecule is O=C(Nc1ccccc1)c1ccc(NC(=O)N2CCN(C(=O)c3ccco3)CC2)cc1. The van der Waals surface area contributed by atoms with Gasteiger partial charge in [-0.2, -0.15) is 0 Å². The molecule has 0 bridgehead atoms. The van der Waals surface area contributed by atoms with Gasteiger partial charge in [-0.1, -0.05) is 18.2 Å². The number of carbonyl (C=O) groups excluding carboxylic acids is 3. The fraction of sp³-hybridized carbons (Fsp3) is 0.174. The van der Waals surface area contributed by atoms with Gasteiger partial charge in [0.05, 0.1) is 6.26 Å². The maximum absolute atomic E-state index is 12.5. The summed E-state index contributed by atoms with van der Waals surface area (Å²) in [6.45, 7) is 1.72. The molecule has 31 heavy (non-hydrogen) atoms. The molecule has 8 heteroatoms. The molecule has 0 unspecified atom stereocenters. The predicted molar refractivity (Wildman–Crippen MR) is 116 cm³/mol. The van der Waals surface area contributed by atoms with E-state index in [9.17, 15) is 14.4 Å². The highest BCUT2D eigenvalue weighted by Crippen LogP contribution is 2.15. The molecular weight excluding hydrogens is 396 g/mol. The summed E-state index contributed by atoms with van der Waals surface area (Å²) >= 11 is 0. The molecule has 1 fully saturated rings. The van der Waals surface area contributed by atoms with Crippen molar-refractivity contribution in [2.24, 2.45) is 0 Å². The lowest BCUT2D eigenvalue weighted by atomic mass is 10.2. The van der Waals surface area contributed by atoms with E-state index in [1.54, 1.807) is 46.2 Å². The number of furan rings is 1. The van der Waals surface area contributed by atoms with Crippen LogP contribution in [0.15, 0.2) is 77.4 Å². The van der Waals surface area contributed by atoms with Crippen molar-refractivity contribution in [3.63, 3.8) is 0 Å². The molecule has 4 amide bonds. The minimum atomic E-state index is -0.244. The Morgan fingerprint density at radius 1 is 0.710 bits per heavy atom. The summed E-state index contributed by atoms with van der Waals surface area (Å²) in [5.41, 5.74) is 1.80. The van der Waals surface area contributed by atoms with E-state index in [2.05, 4.69) is 10.6 Å². The number of nitrogens with one attached hydrogen (secondary N) is 2. The largest absolute Gasteiger partial charge is 0.459 e. The summed E-state index contributed by atoms with van der Waals surface area (Å²) < 4.78 is 5.15. The smallest absolute Gasteiger partial charge is 0.321 e. The molecule has 2 N–H and O–H groups in total. The first kappa shape index (κ1) is 20.2. The number of rotatable bonds is 4. The van der Waals surface area contributed by atoms with Gasteiger partial charge in [-0.05, 0) is 48.5 Å². The third kappa shape index (κ3) is 4.92. The van der Waals surface area contributed by atoms with E-state index >= 15 is 0 Å². The Labute approximate surface area is 179 Å². The lowest BCUT2D eigenvalue weighted by Crippen LogP contribution is -2.51. The van der Waals surface area contributed by atoms with Crippen molar-refractivity contribution in [2.75, 3.05) is 36.8 Å². The quantitative estimate of drug-likeness (QED) is 0.678. The van der Waals surface area contributed by atoms with Crippen LogP contribution in [0.5, 0.6) is 0 Å². The average molecular weight is 418 g/mol. The highest BCUT2D eigenvalue weighted by Gasteiger charge is 2.26. The number of hydrogen-bond donors (Lipinski definition) is 2. The van der Waals surface area contributed by atoms with Crippen LogP contribution in [-0.2, 0) is 0 Å². The molecular formula is C23H22N4O4. The van der Waals surface area contributed by atoms with Crippen LogP contribution < -0.4 is 10.6 Å². The van der Waals surface area contributed by atoms with Crippen LogP contribution >= 0.6 is 0 Å². The number of anilines is 2. The standard InChI is InChI=1S/C23H22N4O4/c28-21(24-18-5-2-1-3-6-18)17-8-10-19(11-9-17)25-23(30)27-14-12-26(13-15-27)22(29)20-7-4-16-31-20/h1-11,16H,12-15H2,(H,24,28)(H,25,30). The van der Waals surface area contributed by atoms with Crippen LogP contribution in [0.3, 0.4) is 0 Å². The summed E-state index contributed by atoms with van der Waals surface area (Å²) in [5, 5.41) is 5.65. The van der Waals surface area contributed by atoms with Gasteiger partial charge >= 0.3 is 6.03 Å². The Kier molecular flexibility index (Phi) is 5.98. The summed E-state index contributed by atoms with van der Waals surface area (Å²) in [5.74, 6) is -0.0925. The third-order valence-electron chi connectivity index (χ3n) is 5.02. The molecule has 1 aliphatic rings. The summed E-state index contributed by atoms with van der Waals surface area (Å²) in [7, 11) is 0. The number of benzene rings is 2. The maximum atomic E-state index is 12.5. The molecule has 4 rings (SSSR count). The second-order valence-corrected chi connectivity index (χ2v) is 7.08. The Balaban J connectivity index is 1.28. The number of nitrogens with zero attached hydrogens (tertiary/aromatic N) is 2. The van der Waals surface area contributed by atoms with Crippen molar-refractivity contribution >= 4 is 29.2 Å². The molecule has 0 aliphatic carbocycles. The van der Waals surface area contributed by atoms with Gasteiger partial charge < -0.3 is 24.9 Å². The highest BCUT2D eigenvalue weighted by molar-refractivity contribution is 6.04. The summed E-state index contributed by atoms with van der Waals surface area (Å²) in [6, 6.07) is 19.0. The molecule has 8 nitrogen and oxygen atoms in total. The minimum Gasteiger partial charge on any atom is -0.459 e. The van der Waals surface area contributed by atoms with Gasteiger partial charge in [-0.25, -0.2) is 4.79 Å².